The van der Waals surface area contributed by atoms with E-state index in [1.165, 1.54) is 0 Å². The van der Waals surface area contributed by atoms with Crippen LogP contribution in [0.25, 0.3) is 0 Å². The summed E-state index contributed by atoms with van der Waals surface area (Å²) in [6, 6.07) is -4.68. The minimum Gasteiger partial charge on any atom is -0.271 e. The molecule has 2 rings (SSSR count). The SMILES string of the molecule is O=C1N(CC([N+](=O)[O-])([N+](=O)[O-])[N+](=O)[O-])C2CC(N(CC([N+](=O)[O-])([N+](=O)[O-])[N+](=O)[O-])C(=O)N2[N+](=O)[O-])N1[N+](=O)[O-]. The Bertz CT molecular complexity index is 1070. The van der Waals surface area contributed by atoms with Gasteiger partial charge in [0, 0.05) is 6.42 Å². The van der Waals surface area contributed by atoms with Crippen LogP contribution in [0.5, 0.6) is 0 Å². The van der Waals surface area contributed by atoms with Gasteiger partial charge in [0.1, 0.15) is 0 Å². The van der Waals surface area contributed by atoms with Crippen LogP contribution >= 0.6 is 0 Å². The molecule has 0 N–H and O–H groups in total. The third-order valence-electron chi connectivity index (χ3n) is 5.46. The van der Waals surface area contributed by atoms with Crippen LogP contribution in [0.4, 0.5) is 9.59 Å². The summed E-state index contributed by atoms with van der Waals surface area (Å²) in [6.45, 7) is -4.72. The lowest BCUT2D eigenvalue weighted by Gasteiger charge is -2.47. The highest BCUT2D eigenvalue weighted by Crippen LogP contribution is 2.35. The molecule has 0 aliphatic carbocycles. The van der Waals surface area contributed by atoms with Gasteiger partial charge >= 0.3 is 23.6 Å². The number of nitro groups is 8. The molecule has 2 atom stereocenters. The van der Waals surface area contributed by atoms with Gasteiger partial charge < -0.3 is 0 Å². The normalized spacial score (nSPS) is 19.4. The quantitative estimate of drug-likeness (QED) is 0.126. The fraction of sp³-hybridized carbons (Fsp3) is 0.778. The van der Waals surface area contributed by atoms with Crippen molar-refractivity contribution in [2.24, 2.45) is 0 Å². The average molecular weight is 572 g/mol. The predicted octanol–water partition coefficient (Wildman–Crippen LogP) is -3.14. The minimum atomic E-state index is -4.59. The van der Waals surface area contributed by atoms with Gasteiger partial charge in [0.15, 0.2) is 51.9 Å². The van der Waals surface area contributed by atoms with E-state index in [1.807, 2.05) is 0 Å². The van der Waals surface area contributed by atoms with Crippen LogP contribution in [0.1, 0.15) is 6.42 Å². The number of hydrogen-bond donors (Lipinski definition) is 0. The van der Waals surface area contributed by atoms with E-state index in [1.54, 1.807) is 0 Å². The third-order valence-corrected chi connectivity index (χ3v) is 5.46. The highest BCUT2D eigenvalue weighted by Gasteiger charge is 2.77. The van der Waals surface area contributed by atoms with Crippen molar-refractivity contribution >= 4 is 12.1 Å². The Kier molecular flexibility index (Phi) is 6.92. The Morgan fingerprint density at radius 2 is 0.769 bits per heavy atom. The summed E-state index contributed by atoms with van der Waals surface area (Å²) < 4.78 is 0. The molecule has 2 aliphatic rings. The zero-order valence-electron chi connectivity index (χ0n) is 18.0. The zero-order valence-corrected chi connectivity index (χ0v) is 18.0. The fourth-order valence-corrected chi connectivity index (χ4v) is 3.59. The van der Waals surface area contributed by atoms with E-state index in [9.17, 15) is 90.5 Å². The molecular weight excluding hydrogens is 564 g/mol. The van der Waals surface area contributed by atoms with Crippen LogP contribution in [0, 0.1) is 80.9 Å². The second-order valence-corrected chi connectivity index (χ2v) is 7.27. The van der Waals surface area contributed by atoms with E-state index in [0.717, 1.165) is 0 Å². The number of carbonyl (C=O) groups excluding carboxylic acids is 2. The van der Waals surface area contributed by atoms with Gasteiger partial charge in [0.2, 0.25) is 13.1 Å². The summed E-state index contributed by atoms with van der Waals surface area (Å²) in [5.41, 5.74) is 0. The number of hydrogen-bond acceptors (Lipinski definition) is 18. The Balaban J connectivity index is 2.79. The van der Waals surface area contributed by atoms with Crippen molar-refractivity contribution in [1.82, 2.24) is 19.8 Å². The van der Waals surface area contributed by atoms with Gasteiger partial charge in [-0.15, -0.1) is 0 Å². The summed E-state index contributed by atoms with van der Waals surface area (Å²) >= 11 is 0. The number of hydrazine groups is 2. The first-order chi connectivity index (χ1) is 17.8. The standard InChI is InChI=1S/C9H8N12O18/c22-6-10(2-8(14(24)25,15(26)27)16(28)29)4-1-5(13(6)21(38)39)11(7(23)12(4)20(36)37)3-9(17(30)31,18(32)33)19(34)35/h4-5H,1-3H2. The molecule has 4 amide bonds. The number of carbonyl (C=O) groups is 2. The highest BCUT2D eigenvalue weighted by molar-refractivity contribution is 5.81. The van der Waals surface area contributed by atoms with Crippen LogP contribution in [0.15, 0.2) is 0 Å². The molecule has 0 saturated carbocycles. The van der Waals surface area contributed by atoms with Crippen molar-refractivity contribution in [1.29, 1.82) is 0 Å². The smallest absolute Gasteiger partial charge is 0.271 e. The number of fused-ring (bicyclic) bond motifs is 2. The molecule has 39 heavy (non-hydrogen) atoms. The van der Waals surface area contributed by atoms with Gasteiger partial charge in [-0.3, -0.25) is 70.5 Å². The molecule has 2 aliphatic heterocycles. The summed E-state index contributed by atoms with van der Waals surface area (Å²) in [7, 11) is 0. The number of amides is 4. The average Bonchev–Trinajstić information content (AvgIpc) is 2.76. The lowest BCUT2D eigenvalue weighted by atomic mass is 10.1. The van der Waals surface area contributed by atoms with Gasteiger partial charge in [-0.05, 0) is 10.0 Å². The largest absolute Gasteiger partial charge is 0.717 e. The maximum Gasteiger partial charge on any atom is 0.717 e. The van der Waals surface area contributed by atoms with Gasteiger partial charge in [0.05, 0.1) is 0 Å². The maximum absolute atomic E-state index is 12.9. The van der Waals surface area contributed by atoms with E-state index in [4.69, 9.17) is 0 Å². The molecule has 2 saturated heterocycles. The summed E-state index contributed by atoms with van der Waals surface area (Å²) in [6.07, 6.45) is -6.74. The van der Waals surface area contributed by atoms with Crippen molar-refractivity contribution < 1.29 is 49.2 Å². The first-order valence-corrected chi connectivity index (χ1v) is 9.15. The molecule has 2 fully saturated rings. The molecule has 2 bridgehead atoms. The molecule has 212 valence electrons. The molecule has 0 aromatic carbocycles. The first kappa shape index (κ1) is 29.0. The van der Waals surface area contributed by atoms with Crippen molar-refractivity contribution in [2.45, 2.75) is 30.3 Å². The first-order valence-electron chi connectivity index (χ1n) is 9.15. The zero-order chi connectivity index (χ0) is 30.4. The minimum absolute atomic E-state index is 0.520. The lowest BCUT2D eigenvalue weighted by Crippen LogP contribution is -2.79. The highest BCUT2D eigenvalue weighted by atomic mass is 16.8. The van der Waals surface area contributed by atoms with Crippen molar-refractivity contribution in [3.05, 3.63) is 80.9 Å². The molecule has 30 heteroatoms. The molecule has 0 spiro atoms. The summed E-state index contributed by atoms with van der Waals surface area (Å²) in [5.74, 6) is -9.18. The van der Waals surface area contributed by atoms with E-state index in [-0.39, 0.29) is 0 Å². The predicted molar refractivity (Wildman–Crippen MR) is 101 cm³/mol. The summed E-state index contributed by atoms with van der Waals surface area (Å²) in [5, 5.41) is 85.7. The number of rotatable bonds is 12. The maximum atomic E-state index is 12.9. The Morgan fingerprint density at radius 1 is 0.538 bits per heavy atom. The molecule has 0 radical (unpaired) electrons. The second-order valence-electron chi connectivity index (χ2n) is 7.27. The van der Waals surface area contributed by atoms with Crippen LogP contribution < -0.4 is 0 Å². The Labute approximate surface area is 206 Å². The third kappa shape index (κ3) is 4.00. The van der Waals surface area contributed by atoms with Gasteiger partial charge in [0.25, 0.3) is 0 Å². The van der Waals surface area contributed by atoms with Crippen LogP contribution in [0.3, 0.4) is 0 Å². The molecule has 2 heterocycles. The second kappa shape index (κ2) is 9.32. The molecular formula is C9H8N12O18. The molecule has 0 aromatic rings. The van der Waals surface area contributed by atoms with Crippen molar-refractivity contribution in [3.63, 3.8) is 0 Å². The monoisotopic (exact) mass is 572 g/mol. The van der Waals surface area contributed by atoms with Crippen LogP contribution in [0.2, 0.25) is 0 Å². The topological polar surface area (TPSA) is 392 Å². The molecule has 0 aromatic heterocycles. The van der Waals surface area contributed by atoms with E-state index >= 15 is 0 Å². The van der Waals surface area contributed by atoms with Crippen molar-refractivity contribution in [2.75, 3.05) is 13.1 Å². The van der Waals surface area contributed by atoms with Crippen LogP contribution in [-0.4, -0.2) is 108 Å². The summed E-state index contributed by atoms with van der Waals surface area (Å²) in [4.78, 5) is 103. The van der Waals surface area contributed by atoms with Crippen molar-refractivity contribution in [3.8, 4) is 0 Å². The Hall–Kier alpha value is -6.26. The van der Waals surface area contributed by atoms with Gasteiger partial charge in [-0.1, -0.05) is 0 Å². The van der Waals surface area contributed by atoms with Crippen LogP contribution in [-0.2, 0) is 0 Å². The number of nitrogens with zero attached hydrogens (tertiary/aromatic N) is 12. The molecule has 30 nitrogen and oxygen atoms in total. The fourth-order valence-electron chi connectivity index (χ4n) is 3.59. The van der Waals surface area contributed by atoms with E-state index in [0.29, 0.717) is 0 Å². The molecule has 2 unspecified atom stereocenters. The van der Waals surface area contributed by atoms with E-state index in [2.05, 4.69) is 0 Å². The van der Waals surface area contributed by atoms with Gasteiger partial charge in [-0.2, -0.15) is 0 Å². The lowest BCUT2D eigenvalue weighted by molar-refractivity contribution is -0.968. The number of urea groups is 2. The Morgan fingerprint density at radius 3 is 0.949 bits per heavy atom. The van der Waals surface area contributed by atoms with Gasteiger partial charge in [-0.25, -0.2) is 29.8 Å². The van der Waals surface area contributed by atoms with E-state index < -0.39 is 115 Å².